The van der Waals surface area contributed by atoms with Gasteiger partial charge in [0.05, 0.1) is 11.7 Å². The van der Waals surface area contributed by atoms with Gasteiger partial charge in [0, 0.05) is 13.2 Å². The van der Waals surface area contributed by atoms with Crippen LogP contribution < -0.4 is 4.74 Å². The molecule has 5 nitrogen and oxygen atoms in total. The first-order valence-corrected chi connectivity index (χ1v) is 11.8. The van der Waals surface area contributed by atoms with Crippen molar-refractivity contribution in [3.8, 4) is 5.75 Å². The average Bonchev–Trinajstić information content (AvgIpc) is 2.80. The van der Waals surface area contributed by atoms with Crippen molar-refractivity contribution in [2.75, 3.05) is 7.11 Å². The second kappa shape index (κ2) is 12.7. The number of hydrogen-bond donors (Lipinski definition) is 1. The molecule has 0 aromatic heterocycles. The topological polar surface area (TPSA) is 72.8 Å². The molecule has 2 rings (SSSR count). The number of alkyl halides is 3. The normalized spacial score (nSPS) is 21.7. The van der Waals surface area contributed by atoms with Gasteiger partial charge in [-0.05, 0) is 68.4 Å². The maximum Gasteiger partial charge on any atom is 0.416 e. The zero-order chi connectivity index (χ0) is 27.9. The van der Waals surface area contributed by atoms with E-state index in [1.54, 1.807) is 26.2 Å². The van der Waals surface area contributed by atoms with E-state index >= 15 is 0 Å². The Morgan fingerprint density at radius 2 is 1.78 bits per heavy atom. The van der Waals surface area contributed by atoms with E-state index in [2.05, 4.69) is 26.8 Å². The van der Waals surface area contributed by atoms with Crippen LogP contribution in [0.2, 0.25) is 0 Å². The maximum atomic E-state index is 12.9. The van der Waals surface area contributed by atoms with Crippen molar-refractivity contribution in [1.29, 1.82) is 0 Å². The first-order chi connectivity index (χ1) is 17.2. The van der Waals surface area contributed by atoms with Crippen molar-refractivity contribution in [1.82, 2.24) is 0 Å². The number of carboxylic acid groups (broad SMARTS) is 1. The highest BCUT2D eigenvalue weighted by molar-refractivity contribution is 5.93. The fourth-order valence-electron chi connectivity index (χ4n) is 4.15. The molecule has 1 aliphatic carbocycles. The standard InChI is InChI=1S/C29H33F3O5/c1-17(10-12-23-19(3)15-26(36-6)21(5)20(23)4)8-7-9-18(2)14-27(33)37-25-13-11-22(29(30,31)32)16-24(25)28(34)35/h7-14,16,20-21,26H,15H2,1-6H3,(H,34,35)/b9-7+,12-10+,17-8+,18-14+. The molecule has 0 aliphatic heterocycles. The second-order valence-electron chi connectivity index (χ2n) is 9.29. The van der Waals surface area contributed by atoms with Crippen LogP contribution in [0.4, 0.5) is 13.2 Å². The molecule has 3 atom stereocenters. The number of ether oxygens (including phenoxy) is 2. The fourth-order valence-corrected chi connectivity index (χ4v) is 4.15. The van der Waals surface area contributed by atoms with Crippen LogP contribution in [0.5, 0.6) is 5.75 Å². The SMILES string of the molecule is COC1CC(C)=C(/C=C/C(C)=C/C=C/C(C)=C/C(=O)Oc2ccc(C(F)(F)F)cc2C(=O)O)C(C)C1C. The minimum atomic E-state index is -4.72. The molecule has 3 unspecified atom stereocenters. The van der Waals surface area contributed by atoms with E-state index < -0.39 is 35.0 Å². The molecule has 200 valence electrons. The average molecular weight is 519 g/mol. The molecular weight excluding hydrogens is 485 g/mol. The predicted octanol–water partition coefficient (Wildman–Crippen LogP) is 7.32. The van der Waals surface area contributed by atoms with E-state index in [9.17, 15) is 27.9 Å². The number of carbonyl (C=O) groups excluding carboxylic acids is 1. The number of rotatable bonds is 8. The summed E-state index contributed by atoms with van der Waals surface area (Å²) in [6.07, 6.45) is 7.01. The number of carbonyl (C=O) groups is 2. The third-order valence-corrected chi connectivity index (χ3v) is 6.51. The molecule has 0 saturated carbocycles. The summed E-state index contributed by atoms with van der Waals surface area (Å²) in [6, 6.07) is 1.92. The van der Waals surface area contributed by atoms with Gasteiger partial charge in [0.25, 0.3) is 0 Å². The molecule has 8 heteroatoms. The molecule has 0 heterocycles. The minimum absolute atomic E-state index is 0.225. The number of methoxy groups -OCH3 is 1. The molecule has 1 N–H and O–H groups in total. The number of benzene rings is 1. The van der Waals surface area contributed by atoms with Crippen molar-refractivity contribution in [3.05, 3.63) is 88.1 Å². The lowest BCUT2D eigenvalue weighted by molar-refractivity contribution is -0.137. The molecule has 1 aromatic carbocycles. The number of aromatic carboxylic acids is 1. The Bertz CT molecular complexity index is 1170. The molecule has 0 bridgehead atoms. The third-order valence-electron chi connectivity index (χ3n) is 6.51. The van der Waals surface area contributed by atoms with Crippen LogP contribution in [0.25, 0.3) is 0 Å². The summed E-state index contributed by atoms with van der Waals surface area (Å²) in [5, 5.41) is 9.20. The van der Waals surface area contributed by atoms with Crippen molar-refractivity contribution >= 4 is 11.9 Å². The summed E-state index contributed by atoms with van der Waals surface area (Å²) in [6.45, 7) is 10.1. The lowest BCUT2D eigenvalue weighted by Gasteiger charge is -2.35. The van der Waals surface area contributed by atoms with Gasteiger partial charge in [0.15, 0.2) is 0 Å². The van der Waals surface area contributed by atoms with Gasteiger partial charge in [-0.1, -0.05) is 55.4 Å². The summed E-state index contributed by atoms with van der Waals surface area (Å²) in [5.74, 6) is -2.21. The van der Waals surface area contributed by atoms with Gasteiger partial charge in [0.1, 0.15) is 11.3 Å². The lowest BCUT2D eigenvalue weighted by atomic mass is 9.75. The van der Waals surface area contributed by atoms with E-state index in [1.807, 2.05) is 19.1 Å². The van der Waals surface area contributed by atoms with Crippen molar-refractivity contribution < 1.29 is 37.3 Å². The summed E-state index contributed by atoms with van der Waals surface area (Å²) in [4.78, 5) is 23.5. The Hall–Kier alpha value is -3.39. The van der Waals surface area contributed by atoms with E-state index in [0.29, 0.717) is 29.5 Å². The van der Waals surface area contributed by atoms with E-state index in [1.165, 1.54) is 11.1 Å². The number of allylic oxidation sites excluding steroid dienone is 8. The number of carboxylic acids is 1. The van der Waals surface area contributed by atoms with Crippen LogP contribution in [0, 0.1) is 11.8 Å². The van der Waals surface area contributed by atoms with Gasteiger partial charge in [0.2, 0.25) is 0 Å². The zero-order valence-corrected chi connectivity index (χ0v) is 21.8. The molecule has 1 aliphatic rings. The minimum Gasteiger partial charge on any atom is -0.478 e. The molecule has 1 aromatic rings. The second-order valence-corrected chi connectivity index (χ2v) is 9.29. The quantitative estimate of drug-likeness (QED) is 0.169. The van der Waals surface area contributed by atoms with E-state index in [-0.39, 0.29) is 6.10 Å². The van der Waals surface area contributed by atoms with Gasteiger partial charge in [-0.15, -0.1) is 0 Å². The number of halogens is 3. The van der Waals surface area contributed by atoms with Crippen LogP contribution in [-0.4, -0.2) is 30.3 Å². The van der Waals surface area contributed by atoms with Gasteiger partial charge >= 0.3 is 18.1 Å². The molecule has 0 amide bonds. The first-order valence-electron chi connectivity index (χ1n) is 11.8. The largest absolute Gasteiger partial charge is 0.478 e. The Labute approximate surface area is 215 Å². The summed E-state index contributed by atoms with van der Waals surface area (Å²) < 4.78 is 49.2. The first kappa shape index (κ1) is 29.8. The molecule has 0 radical (unpaired) electrons. The molecule has 0 spiro atoms. The monoisotopic (exact) mass is 518 g/mol. The predicted molar refractivity (Wildman–Crippen MR) is 136 cm³/mol. The van der Waals surface area contributed by atoms with Crippen LogP contribution in [0.1, 0.15) is 57.0 Å². The highest BCUT2D eigenvalue weighted by Gasteiger charge is 2.32. The summed E-state index contributed by atoms with van der Waals surface area (Å²) in [7, 11) is 1.75. The fraction of sp³-hybridized carbons (Fsp3) is 0.379. The lowest BCUT2D eigenvalue weighted by Crippen LogP contribution is -2.31. The van der Waals surface area contributed by atoms with Gasteiger partial charge in [-0.2, -0.15) is 13.2 Å². The summed E-state index contributed by atoms with van der Waals surface area (Å²) >= 11 is 0. The van der Waals surface area contributed by atoms with E-state index in [4.69, 9.17) is 9.47 Å². The van der Waals surface area contributed by atoms with Crippen molar-refractivity contribution in [2.24, 2.45) is 11.8 Å². The van der Waals surface area contributed by atoms with E-state index in [0.717, 1.165) is 24.1 Å². The van der Waals surface area contributed by atoms with Crippen LogP contribution in [0.3, 0.4) is 0 Å². The Kier molecular flexibility index (Phi) is 10.3. The van der Waals surface area contributed by atoms with Gasteiger partial charge in [-0.25, -0.2) is 9.59 Å². The van der Waals surface area contributed by atoms with Gasteiger partial charge in [-0.3, -0.25) is 0 Å². The Morgan fingerprint density at radius 3 is 2.38 bits per heavy atom. The highest BCUT2D eigenvalue weighted by atomic mass is 19.4. The number of hydrogen-bond acceptors (Lipinski definition) is 4. The molecule has 37 heavy (non-hydrogen) atoms. The molecule has 0 saturated heterocycles. The van der Waals surface area contributed by atoms with Crippen LogP contribution >= 0.6 is 0 Å². The third kappa shape index (κ3) is 8.32. The Balaban J connectivity index is 2.07. The van der Waals surface area contributed by atoms with Crippen molar-refractivity contribution in [2.45, 2.75) is 53.3 Å². The zero-order valence-electron chi connectivity index (χ0n) is 21.8. The van der Waals surface area contributed by atoms with Crippen LogP contribution in [-0.2, 0) is 15.7 Å². The smallest absolute Gasteiger partial charge is 0.416 e. The molecule has 0 fully saturated rings. The van der Waals surface area contributed by atoms with Crippen LogP contribution in [0.15, 0.2) is 76.9 Å². The maximum absolute atomic E-state index is 12.9. The van der Waals surface area contributed by atoms with Crippen molar-refractivity contribution in [3.63, 3.8) is 0 Å². The Morgan fingerprint density at radius 1 is 1.11 bits per heavy atom. The summed E-state index contributed by atoms with van der Waals surface area (Å²) in [5.41, 5.74) is 2.24. The number of esters is 1. The van der Waals surface area contributed by atoms with Gasteiger partial charge < -0.3 is 14.6 Å². The molecular formula is C29H33F3O5. The highest BCUT2D eigenvalue weighted by Crippen LogP contribution is 2.37.